The maximum atomic E-state index is 13.5. The number of guanidine groups is 1. The van der Waals surface area contributed by atoms with Gasteiger partial charge in [-0.3, -0.25) is 9.79 Å². The first-order valence-corrected chi connectivity index (χ1v) is 8.34. The number of hydrogen-bond acceptors (Lipinski definition) is 2. The molecule has 1 aromatic carbocycles. The van der Waals surface area contributed by atoms with Crippen molar-refractivity contribution in [2.24, 2.45) is 10.9 Å². The lowest BCUT2D eigenvalue weighted by molar-refractivity contribution is -0.122. The lowest BCUT2D eigenvalue weighted by atomic mass is 10.1. The Morgan fingerprint density at radius 2 is 1.96 bits per heavy atom. The highest BCUT2D eigenvalue weighted by Gasteiger charge is 2.28. The zero-order valence-electron chi connectivity index (χ0n) is 13.9. The minimum absolute atomic E-state index is 0.111. The second-order valence-corrected chi connectivity index (χ2v) is 5.74. The van der Waals surface area contributed by atoms with Crippen LogP contribution in [-0.2, 0) is 11.2 Å². The first kappa shape index (κ1) is 18.2. The van der Waals surface area contributed by atoms with Crippen LogP contribution in [0, 0.1) is 17.6 Å². The van der Waals surface area contributed by atoms with Crippen molar-refractivity contribution in [2.45, 2.75) is 26.2 Å². The molecule has 0 saturated heterocycles. The van der Waals surface area contributed by atoms with E-state index in [0.29, 0.717) is 44.1 Å². The Morgan fingerprint density at radius 1 is 1.21 bits per heavy atom. The zero-order chi connectivity index (χ0) is 17.4. The summed E-state index contributed by atoms with van der Waals surface area (Å²) in [5.41, 5.74) is 0.311. The van der Waals surface area contributed by atoms with Crippen molar-refractivity contribution < 1.29 is 13.6 Å². The highest BCUT2D eigenvalue weighted by molar-refractivity contribution is 5.81. The first-order valence-electron chi connectivity index (χ1n) is 8.34. The number of halogens is 2. The Kier molecular flexibility index (Phi) is 6.96. The predicted molar refractivity (Wildman–Crippen MR) is 89.8 cm³/mol. The second-order valence-electron chi connectivity index (χ2n) is 5.74. The lowest BCUT2D eigenvalue weighted by Crippen LogP contribution is -2.41. The summed E-state index contributed by atoms with van der Waals surface area (Å²) in [6, 6.07) is 3.42. The molecular formula is C17H24F2N4O. The molecule has 1 saturated carbocycles. The number of rotatable bonds is 8. The topological polar surface area (TPSA) is 65.5 Å². The van der Waals surface area contributed by atoms with E-state index in [1.54, 1.807) is 0 Å². The van der Waals surface area contributed by atoms with Crippen LogP contribution in [0.15, 0.2) is 23.2 Å². The maximum Gasteiger partial charge on any atom is 0.223 e. The number of carbonyl (C=O) groups is 1. The molecule has 0 spiro atoms. The number of carbonyl (C=O) groups excluding carboxylic acids is 1. The van der Waals surface area contributed by atoms with E-state index < -0.39 is 11.6 Å². The molecule has 3 N–H and O–H groups in total. The molecule has 0 radical (unpaired) electrons. The van der Waals surface area contributed by atoms with Crippen LogP contribution in [0.4, 0.5) is 8.78 Å². The van der Waals surface area contributed by atoms with Crippen LogP contribution in [0.1, 0.15) is 25.3 Å². The third kappa shape index (κ3) is 6.14. The van der Waals surface area contributed by atoms with E-state index in [4.69, 9.17) is 0 Å². The van der Waals surface area contributed by atoms with Crippen LogP contribution in [0.2, 0.25) is 0 Å². The third-order valence-corrected chi connectivity index (χ3v) is 3.67. The summed E-state index contributed by atoms with van der Waals surface area (Å²) in [6.07, 6.45) is 2.29. The van der Waals surface area contributed by atoms with Gasteiger partial charge in [-0.2, -0.15) is 0 Å². The molecule has 2 rings (SSSR count). The van der Waals surface area contributed by atoms with Crippen LogP contribution < -0.4 is 16.0 Å². The van der Waals surface area contributed by atoms with Crippen molar-refractivity contribution in [1.82, 2.24) is 16.0 Å². The van der Waals surface area contributed by atoms with Gasteiger partial charge in [-0.1, -0.05) is 0 Å². The van der Waals surface area contributed by atoms with Crippen molar-refractivity contribution >= 4 is 11.9 Å². The molecule has 0 heterocycles. The van der Waals surface area contributed by atoms with Gasteiger partial charge in [-0.25, -0.2) is 8.78 Å². The number of hydrogen-bond donors (Lipinski definition) is 3. The van der Waals surface area contributed by atoms with E-state index in [2.05, 4.69) is 20.9 Å². The summed E-state index contributed by atoms with van der Waals surface area (Å²) in [6.45, 7) is 4.05. The maximum absolute atomic E-state index is 13.5. The fourth-order valence-electron chi connectivity index (χ4n) is 2.22. The monoisotopic (exact) mass is 338 g/mol. The number of benzene rings is 1. The molecule has 24 heavy (non-hydrogen) atoms. The highest BCUT2D eigenvalue weighted by atomic mass is 19.1. The summed E-state index contributed by atoms with van der Waals surface area (Å²) in [4.78, 5) is 15.8. The van der Waals surface area contributed by atoms with Crippen molar-refractivity contribution in [3.63, 3.8) is 0 Å². The van der Waals surface area contributed by atoms with Crippen molar-refractivity contribution in [3.05, 3.63) is 35.4 Å². The Bertz CT molecular complexity index is 588. The van der Waals surface area contributed by atoms with Crippen LogP contribution in [0.5, 0.6) is 0 Å². The van der Waals surface area contributed by atoms with Gasteiger partial charge in [0.2, 0.25) is 5.91 Å². The van der Waals surface area contributed by atoms with Crippen molar-refractivity contribution in [3.8, 4) is 0 Å². The third-order valence-electron chi connectivity index (χ3n) is 3.67. The van der Waals surface area contributed by atoms with Gasteiger partial charge in [0.1, 0.15) is 11.6 Å². The summed E-state index contributed by atoms with van der Waals surface area (Å²) in [5, 5.41) is 9.04. The van der Waals surface area contributed by atoms with Gasteiger partial charge in [0.05, 0.1) is 0 Å². The molecule has 1 amide bonds. The molecule has 0 unspecified atom stereocenters. The number of amides is 1. The molecule has 5 nitrogen and oxygen atoms in total. The van der Waals surface area contributed by atoms with E-state index in [-0.39, 0.29) is 11.8 Å². The molecule has 1 fully saturated rings. The van der Waals surface area contributed by atoms with E-state index in [0.717, 1.165) is 25.0 Å². The minimum Gasteiger partial charge on any atom is -0.357 e. The molecule has 1 aromatic rings. The highest BCUT2D eigenvalue weighted by Crippen LogP contribution is 2.28. The smallest absolute Gasteiger partial charge is 0.223 e. The van der Waals surface area contributed by atoms with Crippen molar-refractivity contribution in [2.75, 3.05) is 26.2 Å². The van der Waals surface area contributed by atoms with E-state index in [1.165, 1.54) is 6.07 Å². The van der Waals surface area contributed by atoms with Gasteiger partial charge in [0, 0.05) is 32.1 Å². The zero-order valence-corrected chi connectivity index (χ0v) is 13.9. The Balaban J connectivity index is 1.74. The Morgan fingerprint density at radius 3 is 2.67 bits per heavy atom. The Hall–Kier alpha value is -2.18. The predicted octanol–water partition coefficient (Wildman–Crippen LogP) is 1.59. The van der Waals surface area contributed by atoms with E-state index >= 15 is 0 Å². The number of aliphatic imine (C=N–C) groups is 1. The number of nitrogens with zero attached hydrogens (tertiary/aromatic N) is 1. The average molecular weight is 338 g/mol. The quantitative estimate of drug-likeness (QED) is 0.383. The van der Waals surface area contributed by atoms with Crippen LogP contribution in [0.3, 0.4) is 0 Å². The van der Waals surface area contributed by atoms with Gasteiger partial charge in [0.15, 0.2) is 5.96 Å². The van der Waals surface area contributed by atoms with E-state index in [9.17, 15) is 13.6 Å². The SMILES string of the molecule is CCNC(=NCCc1cc(F)ccc1F)NCCNC(=O)C1CC1. The Labute approximate surface area is 140 Å². The summed E-state index contributed by atoms with van der Waals surface area (Å²) < 4.78 is 26.7. The molecule has 1 aliphatic rings. The van der Waals surface area contributed by atoms with Crippen LogP contribution in [0.25, 0.3) is 0 Å². The summed E-state index contributed by atoms with van der Waals surface area (Å²) >= 11 is 0. The number of nitrogens with one attached hydrogen (secondary N) is 3. The normalized spacial score (nSPS) is 14.4. The van der Waals surface area contributed by atoms with Crippen LogP contribution in [-0.4, -0.2) is 38.0 Å². The summed E-state index contributed by atoms with van der Waals surface area (Å²) in [5.74, 6) is 0.0301. The fraction of sp³-hybridized carbons (Fsp3) is 0.529. The van der Waals surface area contributed by atoms with Crippen LogP contribution >= 0.6 is 0 Å². The fourth-order valence-corrected chi connectivity index (χ4v) is 2.22. The van der Waals surface area contributed by atoms with E-state index in [1.807, 2.05) is 6.92 Å². The van der Waals surface area contributed by atoms with Crippen molar-refractivity contribution in [1.29, 1.82) is 0 Å². The molecular weight excluding hydrogens is 314 g/mol. The minimum atomic E-state index is -0.452. The molecule has 0 aliphatic heterocycles. The molecule has 132 valence electrons. The van der Waals surface area contributed by atoms with Gasteiger partial charge < -0.3 is 16.0 Å². The first-order chi connectivity index (χ1) is 11.6. The molecule has 7 heteroatoms. The second kappa shape index (κ2) is 9.20. The largest absolute Gasteiger partial charge is 0.357 e. The van der Waals surface area contributed by atoms with Gasteiger partial charge in [-0.05, 0) is 49.9 Å². The average Bonchev–Trinajstić information content (AvgIpc) is 3.39. The summed E-state index contributed by atoms with van der Waals surface area (Å²) in [7, 11) is 0. The van der Waals surface area contributed by atoms with Gasteiger partial charge >= 0.3 is 0 Å². The molecule has 1 aliphatic carbocycles. The molecule has 0 atom stereocenters. The molecule has 0 bridgehead atoms. The molecule has 0 aromatic heterocycles. The standard InChI is InChI=1S/C17H24F2N4O/c1-2-20-17(23-10-9-21-16(24)12-3-4-12)22-8-7-13-11-14(18)5-6-15(13)19/h5-6,11-12H,2-4,7-10H2,1H3,(H,21,24)(H2,20,22,23). The van der Waals surface area contributed by atoms with Gasteiger partial charge in [0.25, 0.3) is 0 Å². The van der Waals surface area contributed by atoms with Gasteiger partial charge in [-0.15, -0.1) is 0 Å². The lowest BCUT2D eigenvalue weighted by Gasteiger charge is -2.12.